The van der Waals surface area contributed by atoms with Gasteiger partial charge >= 0.3 is 5.97 Å². The molecule has 1 aromatic heterocycles. The zero-order valence-corrected chi connectivity index (χ0v) is 20.7. The van der Waals surface area contributed by atoms with Gasteiger partial charge < -0.3 is 20.1 Å². The van der Waals surface area contributed by atoms with Crippen molar-refractivity contribution in [3.05, 3.63) is 105 Å². The maximum atomic E-state index is 14.6. The smallest absolute Gasteiger partial charge is 0.337 e. The van der Waals surface area contributed by atoms with Crippen molar-refractivity contribution in [3.63, 3.8) is 0 Å². The molecule has 0 atom stereocenters. The maximum absolute atomic E-state index is 14.6. The van der Waals surface area contributed by atoms with E-state index < -0.39 is 17.7 Å². The highest BCUT2D eigenvalue weighted by Gasteiger charge is 2.24. The van der Waals surface area contributed by atoms with Crippen molar-refractivity contribution in [3.8, 4) is 5.75 Å². The number of amides is 1. The fourth-order valence-corrected chi connectivity index (χ4v) is 4.65. The Hall–Kier alpha value is -4.50. The largest absolute Gasteiger partial charge is 0.488 e. The van der Waals surface area contributed by atoms with E-state index in [0.717, 1.165) is 0 Å². The summed E-state index contributed by atoms with van der Waals surface area (Å²) in [4.78, 5) is 37.6. The average Bonchev–Trinajstić information content (AvgIpc) is 3.40. The number of methoxy groups -OCH3 is 1. The Morgan fingerprint density at radius 1 is 1.00 bits per heavy atom. The van der Waals surface area contributed by atoms with Crippen molar-refractivity contribution in [1.82, 2.24) is 0 Å². The molecule has 2 N–H and O–H groups in total. The molecule has 0 bridgehead atoms. The number of rotatable bonds is 5. The molecule has 186 valence electrons. The Kier molecular flexibility index (Phi) is 6.45. The third-order valence-electron chi connectivity index (χ3n) is 6.01. The Morgan fingerprint density at radius 3 is 2.59 bits per heavy atom. The van der Waals surface area contributed by atoms with E-state index in [0.29, 0.717) is 44.9 Å². The van der Waals surface area contributed by atoms with Crippen LogP contribution >= 0.6 is 11.3 Å². The van der Waals surface area contributed by atoms with Crippen molar-refractivity contribution in [1.29, 1.82) is 0 Å². The van der Waals surface area contributed by atoms with Crippen molar-refractivity contribution >= 4 is 46.1 Å². The highest BCUT2D eigenvalue weighted by Crippen LogP contribution is 2.34. The molecule has 3 aromatic carbocycles. The lowest BCUT2D eigenvalue weighted by Gasteiger charge is -2.15. The molecule has 0 fully saturated rings. The number of hydrogen-bond donors (Lipinski definition) is 2. The summed E-state index contributed by atoms with van der Waals surface area (Å²) in [5.41, 5.74) is 3.97. The van der Waals surface area contributed by atoms with Gasteiger partial charge in [0.2, 0.25) is 0 Å². The molecule has 0 saturated carbocycles. The molecule has 1 amide bonds. The van der Waals surface area contributed by atoms with Crippen LogP contribution in [0.3, 0.4) is 0 Å². The fourth-order valence-electron chi connectivity index (χ4n) is 4.01. The second kappa shape index (κ2) is 9.87. The van der Waals surface area contributed by atoms with E-state index in [1.165, 1.54) is 36.6 Å². The van der Waals surface area contributed by atoms with Gasteiger partial charge in [-0.15, -0.1) is 0 Å². The summed E-state index contributed by atoms with van der Waals surface area (Å²) in [5.74, 6) is -1.37. The minimum Gasteiger partial charge on any atom is -0.488 e. The molecular weight excluding hydrogens is 495 g/mol. The van der Waals surface area contributed by atoms with Crippen molar-refractivity contribution < 1.29 is 28.2 Å². The molecule has 2 heterocycles. The Balaban J connectivity index is 1.41. The summed E-state index contributed by atoms with van der Waals surface area (Å²) in [6, 6.07) is 14.3. The van der Waals surface area contributed by atoms with Crippen molar-refractivity contribution in [2.75, 3.05) is 17.7 Å². The molecule has 4 aromatic rings. The average molecular weight is 517 g/mol. The van der Waals surface area contributed by atoms with E-state index >= 15 is 0 Å². The van der Waals surface area contributed by atoms with Gasteiger partial charge in [0.25, 0.3) is 5.91 Å². The number of nitrogens with one attached hydrogen (secondary N) is 2. The van der Waals surface area contributed by atoms with Crippen LogP contribution in [0.4, 0.5) is 21.5 Å². The van der Waals surface area contributed by atoms with Crippen LogP contribution in [-0.2, 0) is 11.3 Å². The van der Waals surface area contributed by atoms with Crippen LogP contribution in [0.1, 0.15) is 47.8 Å². The van der Waals surface area contributed by atoms with Gasteiger partial charge in [0, 0.05) is 33.9 Å². The number of carbonyl (C=O) groups is 3. The Labute approximate surface area is 215 Å². The summed E-state index contributed by atoms with van der Waals surface area (Å²) < 4.78 is 25.3. The number of esters is 1. The van der Waals surface area contributed by atoms with Gasteiger partial charge in [0.15, 0.2) is 5.78 Å². The normalized spacial score (nSPS) is 12.0. The molecule has 0 spiro atoms. The predicted molar refractivity (Wildman–Crippen MR) is 139 cm³/mol. The molecule has 1 aliphatic rings. The molecule has 0 unspecified atom stereocenters. The minimum absolute atomic E-state index is 0.0438. The van der Waals surface area contributed by atoms with Gasteiger partial charge in [-0.05, 0) is 60.3 Å². The number of ketones is 1. The maximum Gasteiger partial charge on any atom is 0.337 e. The predicted octanol–water partition coefficient (Wildman–Crippen LogP) is 6.10. The lowest BCUT2D eigenvalue weighted by atomic mass is 9.97. The van der Waals surface area contributed by atoms with Gasteiger partial charge in [0.05, 0.1) is 29.5 Å². The molecule has 9 heteroatoms. The number of halogens is 1. The molecular formula is C28H21FN2O5S. The van der Waals surface area contributed by atoms with Crippen LogP contribution < -0.4 is 15.4 Å². The van der Waals surface area contributed by atoms with Crippen molar-refractivity contribution in [2.45, 2.75) is 13.5 Å². The number of aryl methyl sites for hydroxylation is 1. The number of fused-ring (bicyclic) bond motifs is 2. The lowest BCUT2D eigenvalue weighted by molar-refractivity contribution is 0.0600. The summed E-state index contributed by atoms with van der Waals surface area (Å²) >= 11 is 1.38. The summed E-state index contributed by atoms with van der Waals surface area (Å²) in [5, 5.41) is 9.28. The molecule has 0 aliphatic carbocycles. The van der Waals surface area contributed by atoms with Gasteiger partial charge in [-0.25, -0.2) is 9.18 Å². The highest BCUT2D eigenvalue weighted by molar-refractivity contribution is 7.08. The highest BCUT2D eigenvalue weighted by atomic mass is 32.1. The third-order valence-corrected chi connectivity index (χ3v) is 6.69. The first-order chi connectivity index (χ1) is 17.8. The summed E-state index contributed by atoms with van der Waals surface area (Å²) in [6.07, 6.45) is 0. The monoisotopic (exact) mass is 516 g/mol. The van der Waals surface area contributed by atoms with Crippen LogP contribution in [0.2, 0.25) is 0 Å². The van der Waals surface area contributed by atoms with E-state index in [9.17, 15) is 18.8 Å². The number of hydrogen-bond acceptors (Lipinski definition) is 7. The zero-order chi connectivity index (χ0) is 26.1. The molecule has 0 radical (unpaired) electrons. The number of anilines is 3. The van der Waals surface area contributed by atoms with E-state index in [-0.39, 0.29) is 23.6 Å². The van der Waals surface area contributed by atoms with Gasteiger partial charge in [0.1, 0.15) is 18.2 Å². The molecule has 37 heavy (non-hydrogen) atoms. The molecule has 0 saturated heterocycles. The first-order valence-electron chi connectivity index (χ1n) is 11.3. The van der Waals surface area contributed by atoms with Crippen LogP contribution in [-0.4, -0.2) is 24.8 Å². The molecule has 7 nitrogen and oxygen atoms in total. The first kappa shape index (κ1) is 24.2. The quantitative estimate of drug-likeness (QED) is 0.311. The van der Waals surface area contributed by atoms with Crippen LogP contribution in [0.25, 0.3) is 0 Å². The lowest BCUT2D eigenvalue weighted by Crippen LogP contribution is -2.12. The van der Waals surface area contributed by atoms with E-state index in [4.69, 9.17) is 9.47 Å². The summed E-state index contributed by atoms with van der Waals surface area (Å²) in [7, 11) is 1.28. The molecule has 5 rings (SSSR count). The van der Waals surface area contributed by atoms with E-state index in [1.807, 2.05) is 0 Å². The topological polar surface area (TPSA) is 93.7 Å². The Bertz CT molecular complexity index is 1550. The van der Waals surface area contributed by atoms with Gasteiger partial charge in [-0.1, -0.05) is 6.07 Å². The molecule has 1 aliphatic heterocycles. The second-order valence-electron chi connectivity index (χ2n) is 8.43. The van der Waals surface area contributed by atoms with Gasteiger partial charge in [-0.3, -0.25) is 9.59 Å². The van der Waals surface area contributed by atoms with Crippen LogP contribution in [0.5, 0.6) is 5.75 Å². The standard InChI is InChI=1S/C28H21FN2O5S/c1-15-9-22(29)24(31-27(33)18-7-8-37-14-18)12-23(15)30-19-5-6-20-25(11-19)36-13-17-4-3-16(28(34)35-2)10-21(17)26(20)32/h3-12,14,30H,13H2,1-2H3,(H,31,33). The first-order valence-corrected chi connectivity index (χ1v) is 12.2. The minimum atomic E-state index is -0.549. The second-order valence-corrected chi connectivity index (χ2v) is 9.21. The fraction of sp³-hybridized carbons (Fsp3) is 0.107. The van der Waals surface area contributed by atoms with E-state index in [1.54, 1.807) is 54.1 Å². The van der Waals surface area contributed by atoms with Gasteiger partial charge in [-0.2, -0.15) is 11.3 Å². The SMILES string of the molecule is COC(=O)c1ccc2c(c1)C(=O)c1ccc(Nc3cc(NC(=O)c4ccsc4)c(F)cc3C)cc1OC2. The number of benzene rings is 3. The zero-order valence-electron chi connectivity index (χ0n) is 19.9. The number of thiophene rings is 1. The van der Waals surface area contributed by atoms with Crippen molar-refractivity contribution in [2.24, 2.45) is 0 Å². The van der Waals surface area contributed by atoms with Crippen LogP contribution in [0, 0.1) is 12.7 Å². The third kappa shape index (κ3) is 4.81. The van der Waals surface area contributed by atoms with Crippen LogP contribution in [0.15, 0.2) is 65.4 Å². The number of ether oxygens (including phenoxy) is 2. The van der Waals surface area contributed by atoms with E-state index in [2.05, 4.69) is 10.6 Å². The Morgan fingerprint density at radius 2 is 1.84 bits per heavy atom. The summed E-state index contributed by atoms with van der Waals surface area (Å²) in [6.45, 7) is 1.89. The number of carbonyl (C=O) groups excluding carboxylic acids is 3.